The maximum absolute atomic E-state index is 13.7. The van der Waals surface area contributed by atoms with Crippen LogP contribution in [-0.4, -0.2) is 15.7 Å². The zero-order valence-corrected chi connectivity index (χ0v) is 18.6. The van der Waals surface area contributed by atoms with Crippen LogP contribution < -0.4 is 10.1 Å². The zero-order valence-electron chi connectivity index (χ0n) is 16.3. The van der Waals surface area contributed by atoms with Crippen molar-refractivity contribution in [3.8, 4) is 5.75 Å². The van der Waals surface area contributed by atoms with E-state index in [1.165, 1.54) is 17.4 Å². The third kappa shape index (κ3) is 5.45. The highest BCUT2D eigenvalue weighted by molar-refractivity contribution is 7.12. The highest BCUT2D eigenvalue weighted by atomic mass is 35.5. The Morgan fingerprint density at radius 1 is 1.09 bits per heavy atom. The minimum absolute atomic E-state index is 0.0495. The molecule has 0 fully saturated rings. The van der Waals surface area contributed by atoms with Crippen LogP contribution in [0.25, 0.3) is 0 Å². The summed E-state index contributed by atoms with van der Waals surface area (Å²) in [6.07, 6.45) is 3.25. The number of rotatable bonds is 7. The normalized spacial score (nSPS) is 10.9. The molecule has 10 heteroatoms. The molecule has 0 spiro atoms. The van der Waals surface area contributed by atoms with Gasteiger partial charge in [0.2, 0.25) is 0 Å². The molecule has 2 aromatic carbocycles. The van der Waals surface area contributed by atoms with Crippen LogP contribution in [0.1, 0.15) is 20.8 Å². The van der Waals surface area contributed by atoms with Gasteiger partial charge >= 0.3 is 0 Å². The Morgan fingerprint density at radius 2 is 1.94 bits per heavy atom. The lowest BCUT2D eigenvalue weighted by Crippen LogP contribution is -2.09. The molecular weight excluding hydrogens is 479 g/mol. The Hall–Kier alpha value is -2.94. The second kappa shape index (κ2) is 9.68. The van der Waals surface area contributed by atoms with E-state index in [9.17, 15) is 13.6 Å². The van der Waals surface area contributed by atoms with Crippen LogP contribution in [0.15, 0.2) is 60.2 Å². The summed E-state index contributed by atoms with van der Waals surface area (Å²) in [7, 11) is 0. The van der Waals surface area contributed by atoms with E-state index in [4.69, 9.17) is 27.9 Å². The summed E-state index contributed by atoms with van der Waals surface area (Å²) in [6, 6.07) is 10.1. The fraction of sp³-hybridized carbons (Fsp3) is 0.0909. The molecule has 0 atom stereocenters. The van der Waals surface area contributed by atoms with Crippen molar-refractivity contribution in [1.29, 1.82) is 0 Å². The van der Waals surface area contributed by atoms with Crippen molar-refractivity contribution in [2.75, 3.05) is 5.32 Å². The molecule has 0 radical (unpaired) electrons. The number of aromatic nitrogens is 2. The SMILES string of the molecule is O=C(Nc1cnn(Cc2ccc(Cl)c(Cl)c2)c1)c1cc(COc2ccc(F)cc2F)cs1. The standard InChI is InChI=1S/C22H15Cl2F2N3O2S/c23-17-3-1-13(5-18(17)24)9-29-10-16(8-27-29)28-22(30)21-6-14(12-32-21)11-31-20-4-2-15(25)7-19(20)26/h1-8,10,12H,9,11H2,(H,28,30). The third-order valence-electron chi connectivity index (χ3n) is 4.39. The van der Waals surface area contributed by atoms with E-state index >= 15 is 0 Å². The van der Waals surface area contributed by atoms with Crippen LogP contribution in [0.4, 0.5) is 14.5 Å². The number of hydrogen-bond donors (Lipinski definition) is 1. The molecule has 0 unspecified atom stereocenters. The van der Waals surface area contributed by atoms with Gasteiger partial charge in [-0.05, 0) is 41.3 Å². The van der Waals surface area contributed by atoms with Gasteiger partial charge in [-0.25, -0.2) is 8.78 Å². The molecule has 164 valence electrons. The van der Waals surface area contributed by atoms with E-state index in [-0.39, 0.29) is 18.3 Å². The molecule has 5 nitrogen and oxygen atoms in total. The molecule has 4 aromatic rings. The van der Waals surface area contributed by atoms with Crippen molar-refractivity contribution in [3.05, 3.63) is 97.9 Å². The number of ether oxygens (including phenoxy) is 1. The molecule has 2 heterocycles. The van der Waals surface area contributed by atoms with Gasteiger partial charge in [-0.1, -0.05) is 29.3 Å². The summed E-state index contributed by atoms with van der Waals surface area (Å²) in [5, 5.41) is 9.71. The van der Waals surface area contributed by atoms with E-state index in [1.54, 1.807) is 40.7 Å². The Balaban J connectivity index is 1.34. The predicted molar refractivity (Wildman–Crippen MR) is 121 cm³/mol. The first-order valence-corrected chi connectivity index (χ1v) is 10.9. The van der Waals surface area contributed by atoms with Crippen LogP contribution in [-0.2, 0) is 13.2 Å². The lowest BCUT2D eigenvalue weighted by Gasteiger charge is -2.05. The maximum atomic E-state index is 13.7. The smallest absolute Gasteiger partial charge is 0.265 e. The van der Waals surface area contributed by atoms with Gasteiger partial charge in [0.05, 0.1) is 33.4 Å². The Kier molecular flexibility index (Phi) is 6.74. The minimum atomic E-state index is -0.781. The molecule has 0 bridgehead atoms. The molecule has 4 rings (SSSR count). The molecule has 1 N–H and O–H groups in total. The molecule has 2 aromatic heterocycles. The van der Waals surface area contributed by atoms with E-state index in [0.29, 0.717) is 32.7 Å². The van der Waals surface area contributed by atoms with Crippen molar-refractivity contribution >= 4 is 46.1 Å². The fourth-order valence-corrected chi connectivity index (χ4v) is 3.97. The molecule has 32 heavy (non-hydrogen) atoms. The number of nitrogens with one attached hydrogen (secondary N) is 1. The van der Waals surface area contributed by atoms with E-state index in [2.05, 4.69) is 10.4 Å². The van der Waals surface area contributed by atoms with Crippen LogP contribution in [0, 0.1) is 11.6 Å². The second-order valence-electron chi connectivity index (χ2n) is 6.81. The van der Waals surface area contributed by atoms with Gasteiger partial charge in [0.15, 0.2) is 11.6 Å². The zero-order chi connectivity index (χ0) is 22.7. The van der Waals surface area contributed by atoms with Gasteiger partial charge in [-0.2, -0.15) is 5.10 Å². The topological polar surface area (TPSA) is 56.2 Å². The number of anilines is 1. The lowest BCUT2D eigenvalue weighted by atomic mass is 10.2. The third-order valence-corrected chi connectivity index (χ3v) is 6.10. The van der Waals surface area contributed by atoms with Crippen LogP contribution in [0.5, 0.6) is 5.75 Å². The summed E-state index contributed by atoms with van der Waals surface area (Å²) in [6.45, 7) is 0.515. The first-order valence-electron chi connectivity index (χ1n) is 9.30. The summed E-state index contributed by atoms with van der Waals surface area (Å²) in [4.78, 5) is 13.0. The average Bonchev–Trinajstić information content (AvgIpc) is 3.40. The molecular formula is C22H15Cl2F2N3O2S. The quantitative estimate of drug-likeness (QED) is 0.323. The van der Waals surface area contributed by atoms with Crippen molar-refractivity contribution in [1.82, 2.24) is 9.78 Å². The van der Waals surface area contributed by atoms with Crippen molar-refractivity contribution in [2.45, 2.75) is 13.2 Å². The Labute approximate surface area is 196 Å². The van der Waals surface area contributed by atoms with Gasteiger partial charge in [0, 0.05) is 17.8 Å². The number of amides is 1. The van der Waals surface area contributed by atoms with Gasteiger partial charge in [-0.15, -0.1) is 11.3 Å². The summed E-state index contributed by atoms with van der Waals surface area (Å²) in [5.74, 6) is -1.82. The minimum Gasteiger partial charge on any atom is -0.486 e. The predicted octanol–water partition coefficient (Wildman–Crippen LogP) is 6.41. The summed E-state index contributed by atoms with van der Waals surface area (Å²) >= 11 is 13.2. The average molecular weight is 494 g/mol. The lowest BCUT2D eigenvalue weighted by molar-refractivity contribution is 0.103. The number of thiophene rings is 1. The van der Waals surface area contributed by atoms with E-state index < -0.39 is 11.6 Å². The summed E-state index contributed by atoms with van der Waals surface area (Å²) < 4.78 is 33.7. The number of hydrogen-bond acceptors (Lipinski definition) is 4. The molecule has 0 aliphatic rings. The summed E-state index contributed by atoms with van der Waals surface area (Å²) in [5.41, 5.74) is 2.15. The largest absolute Gasteiger partial charge is 0.486 e. The number of nitrogens with zero attached hydrogens (tertiary/aromatic N) is 2. The van der Waals surface area contributed by atoms with Gasteiger partial charge in [0.1, 0.15) is 12.4 Å². The van der Waals surface area contributed by atoms with Crippen molar-refractivity contribution < 1.29 is 18.3 Å². The van der Waals surface area contributed by atoms with E-state index in [0.717, 1.165) is 17.7 Å². The number of halogens is 4. The first-order chi connectivity index (χ1) is 15.4. The molecule has 0 saturated heterocycles. The van der Waals surface area contributed by atoms with Gasteiger partial charge in [0.25, 0.3) is 5.91 Å². The highest BCUT2D eigenvalue weighted by Gasteiger charge is 2.12. The second-order valence-corrected chi connectivity index (χ2v) is 8.54. The van der Waals surface area contributed by atoms with Crippen molar-refractivity contribution in [3.63, 3.8) is 0 Å². The van der Waals surface area contributed by atoms with Gasteiger partial charge in [-0.3, -0.25) is 9.48 Å². The fourth-order valence-electron chi connectivity index (χ4n) is 2.86. The molecule has 0 aliphatic heterocycles. The van der Waals surface area contributed by atoms with Gasteiger partial charge < -0.3 is 10.1 Å². The van der Waals surface area contributed by atoms with Crippen LogP contribution in [0.3, 0.4) is 0 Å². The maximum Gasteiger partial charge on any atom is 0.265 e. The van der Waals surface area contributed by atoms with Crippen molar-refractivity contribution in [2.24, 2.45) is 0 Å². The number of carbonyl (C=O) groups is 1. The highest BCUT2D eigenvalue weighted by Crippen LogP contribution is 2.24. The molecule has 0 aliphatic carbocycles. The Morgan fingerprint density at radius 3 is 2.72 bits per heavy atom. The Bertz CT molecular complexity index is 1280. The monoisotopic (exact) mass is 493 g/mol. The molecule has 1 amide bonds. The number of benzene rings is 2. The first kappa shape index (κ1) is 22.3. The van der Waals surface area contributed by atoms with E-state index in [1.807, 2.05) is 6.07 Å². The van der Waals surface area contributed by atoms with Crippen LogP contribution >= 0.6 is 34.5 Å². The number of carbonyl (C=O) groups excluding carboxylic acids is 1. The van der Waals surface area contributed by atoms with Crippen LogP contribution in [0.2, 0.25) is 10.0 Å². The molecule has 0 saturated carbocycles.